The molecule has 18 heavy (non-hydrogen) atoms. The van der Waals surface area contributed by atoms with Gasteiger partial charge in [0.1, 0.15) is 10.8 Å². The highest BCUT2D eigenvalue weighted by Crippen LogP contribution is 2.26. The van der Waals surface area contributed by atoms with Crippen LogP contribution in [-0.4, -0.2) is 25.7 Å². The van der Waals surface area contributed by atoms with Gasteiger partial charge in [-0.3, -0.25) is 0 Å². The van der Waals surface area contributed by atoms with Crippen molar-refractivity contribution in [2.24, 2.45) is 0 Å². The Morgan fingerprint density at radius 1 is 1.33 bits per heavy atom. The predicted octanol–water partition coefficient (Wildman–Crippen LogP) is 2.31. The molecular formula is C12H22N2O2S2. The number of aromatic nitrogens is 1. The largest absolute Gasteiger partial charge is 0.312 e. The van der Waals surface area contributed by atoms with Crippen molar-refractivity contribution in [1.82, 2.24) is 10.3 Å². The quantitative estimate of drug-likeness (QED) is 0.837. The van der Waals surface area contributed by atoms with Crippen LogP contribution in [0.3, 0.4) is 0 Å². The summed E-state index contributed by atoms with van der Waals surface area (Å²) in [5, 5.41) is 3.99. The second-order valence-electron chi connectivity index (χ2n) is 4.53. The molecule has 0 saturated heterocycles. The highest BCUT2D eigenvalue weighted by atomic mass is 32.2. The molecule has 0 spiro atoms. The molecule has 0 aromatic carbocycles. The van der Waals surface area contributed by atoms with Crippen LogP contribution in [0.2, 0.25) is 0 Å². The van der Waals surface area contributed by atoms with Crippen LogP contribution in [0.5, 0.6) is 0 Å². The van der Waals surface area contributed by atoms with Crippen molar-refractivity contribution in [2.75, 3.05) is 12.3 Å². The summed E-state index contributed by atoms with van der Waals surface area (Å²) in [7, 11) is -2.99. The zero-order chi connectivity index (χ0) is 13.8. The second-order valence-corrected chi connectivity index (χ2v) is 8.05. The molecule has 0 bridgehead atoms. The Hall–Kier alpha value is -0.460. The lowest BCUT2D eigenvalue weighted by Crippen LogP contribution is -2.12. The van der Waals surface area contributed by atoms with E-state index in [1.165, 1.54) is 11.3 Å². The summed E-state index contributed by atoms with van der Waals surface area (Å²) in [5.74, 6) is 0.569. The van der Waals surface area contributed by atoms with Crippen molar-refractivity contribution < 1.29 is 8.42 Å². The van der Waals surface area contributed by atoms with Crippen LogP contribution in [0, 0.1) is 0 Å². The van der Waals surface area contributed by atoms with E-state index in [-0.39, 0.29) is 11.5 Å². The molecule has 0 radical (unpaired) electrons. The van der Waals surface area contributed by atoms with Crippen LogP contribution in [0.15, 0.2) is 0 Å². The van der Waals surface area contributed by atoms with Gasteiger partial charge in [0.15, 0.2) is 9.84 Å². The van der Waals surface area contributed by atoms with Gasteiger partial charge in [0.25, 0.3) is 0 Å². The van der Waals surface area contributed by atoms with E-state index < -0.39 is 9.84 Å². The maximum absolute atomic E-state index is 11.6. The van der Waals surface area contributed by atoms with E-state index in [0.717, 1.165) is 23.7 Å². The molecule has 4 nitrogen and oxygen atoms in total. The topological polar surface area (TPSA) is 59.1 Å². The van der Waals surface area contributed by atoms with E-state index in [1.807, 2.05) is 0 Å². The average molecular weight is 290 g/mol. The second kappa shape index (κ2) is 6.63. The molecule has 6 heteroatoms. The smallest absolute Gasteiger partial charge is 0.156 e. The third-order valence-electron chi connectivity index (χ3n) is 2.64. The molecular weight excluding hydrogens is 268 g/mol. The van der Waals surface area contributed by atoms with Crippen LogP contribution >= 0.6 is 11.3 Å². The lowest BCUT2D eigenvalue weighted by atomic mass is 10.1. The third-order valence-corrected chi connectivity index (χ3v) is 5.48. The first-order valence-electron chi connectivity index (χ1n) is 6.29. The molecule has 0 aliphatic heterocycles. The normalized spacial score (nSPS) is 12.3. The van der Waals surface area contributed by atoms with Gasteiger partial charge < -0.3 is 5.32 Å². The Kier molecular flexibility index (Phi) is 5.75. The van der Waals surface area contributed by atoms with Crippen LogP contribution in [-0.2, 0) is 22.1 Å². The first-order valence-corrected chi connectivity index (χ1v) is 8.93. The first-order chi connectivity index (χ1) is 8.39. The van der Waals surface area contributed by atoms with Crippen molar-refractivity contribution in [3.63, 3.8) is 0 Å². The Morgan fingerprint density at radius 3 is 2.50 bits per heavy atom. The minimum Gasteiger partial charge on any atom is -0.312 e. The molecule has 1 N–H and O–H groups in total. The standard InChI is InChI=1S/C12H22N2O2S2/c1-5-13-7-10-12(9(3)4)14-11(17-10)8-18(15,16)6-2/h9,13H,5-8H2,1-4H3. The van der Waals surface area contributed by atoms with Crippen molar-refractivity contribution in [1.29, 1.82) is 0 Å². The fourth-order valence-corrected chi connectivity index (χ4v) is 3.99. The molecule has 0 unspecified atom stereocenters. The summed E-state index contributed by atoms with van der Waals surface area (Å²) in [6.07, 6.45) is 0. The molecule has 1 aromatic rings. The Labute approximate surface area is 114 Å². The molecule has 0 saturated carbocycles. The Morgan fingerprint density at radius 2 is 2.00 bits per heavy atom. The van der Waals surface area contributed by atoms with Crippen molar-refractivity contribution in [3.8, 4) is 0 Å². The molecule has 0 aliphatic rings. The molecule has 0 fully saturated rings. The Balaban J connectivity index is 2.95. The molecule has 1 aromatic heterocycles. The van der Waals surface area contributed by atoms with Crippen molar-refractivity contribution in [2.45, 2.75) is 45.9 Å². The van der Waals surface area contributed by atoms with Crippen LogP contribution < -0.4 is 5.32 Å². The summed E-state index contributed by atoms with van der Waals surface area (Å²) in [5.41, 5.74) is 1.03. The monoisotopic (exact) mass is 290 g/mol. The van der Waals surface area contributed by atoms with Gasteiger partial charge in [0.05, 0.1) is 5.69 Å². The highest BCUT2D eigenvalue weighted by molar-refractivity contribution is 7.90. The molecule has 0 amide bonds. The van der Waals surface area contributed by atoms with Gasteiger partial charge in [0, 0.05) is 17.2 Å². The number of hydrogen-bond donors (Lipinski definition) is 1. The zero-order valence-corrected chi connectivity index (χ0v) is 13.1. The number of sulfone groups is 1. The molecule has 104 valence electrons. The van der Waals surface area contributed by atoms with Gasteiger partial charge in [-0.25, -0.2) is 13.4 Å². The van der Waals surface area contributed by atoms with E-state index >= 15 is 0 Å². The van der Waals surface area contributed by atoms with Crippen LogP contribution in [0.25, 0.3) is 0 Å². The first kappa shape index (κ1) is 15.6. The van der Waals surface area contributed by atoms with Gasteiger partial charge in [0.2, 0.25) is 0 Å². The van der Waals surface area contributed by atoms with Crippen LogP contribution in [0.1, 0.15) is 49.2 Å². The van der Waals surface area contributed by atoms with Crippen LogP contribution in [0.4, 0.5) is 0 Å². The maximum Gasteiger partial charge on any atom is 0.156 e. The van der Waals surface area contributed by atoms with Gasteiger partial charge in [-0.05, 0) is 12.5 Å². The maximum atomic E-state index is 11.6. The third kappa shape index (κ3) is 4.33. The number of thiazole rings is 1. The van der Waals surface area contributed by atoms with E-state index in [2.05, 4.69) is 31.1 Å². The minimum atomic E-state index is -2.99. The SMILES string of the molecule is CCNCc1sc(CS(=O)(=O)CC)nc1C(C)C. The predicted molar refractivity (Wildman–Crippen MR) is 76.7 cm³/mol. The zero-order valence-electron chi connectivity index (χ0n) is 11.5. The summed E-state index contributed by atoms with van der Waals surface area (Å²) in [4.78, 5) is 5.66. The molecule has 0 aliphatic carbocycles. The van der Waals surface area contributed by atoms with E-state index in [0.29, 0.717) is 10.9 Å². The fourth-order valence-electron chi connectivity index (χ4n) is 1.58. The van der Waals surface area contributed by atoms with Gasteiger partial charge >= 0.3 is 0 Å². The number of nitrogens with one attached hydrogen (secondary N) is 1. The van der Waals surface area contributed by atoms with Crippen molar-refractivity contribution >= 4 is 21.2 Å². The molecule has 0 atom stereocenters. The Bertz CT molecular complexity index is 478. The van der Waals surface area contributed by atoms with Gasteiger partial charge in [-0.15, -0.1) is 11.3 Å². The average Bonchev–Trinajstić information content (AvgIpc) is 2.69. The summed E-state index contributed by atoms with van der Waals surface area (Å²) >= 11 is 1.52. The van der Waals surface area contributed by atoms with E-state index in [1.54, 1.807) is 6.92 Å². The molecule has 1 heterocycles. The lowest BCUT2D eigenvalue weighted by molar-refractivity contribution is 0.596. The highest BCUT2D eigenvalue weighted by Gasteiger charge is 2.17. The number of nitrogens with zero attached hydrogens (tertiary/aromatic N) is 1. The number of rotatable bonds is 7. The number of hydrogen-bond acceptors (Lipinski definition) is 5. The minimum absolute atomic E-state index is 0.0695. The summed E-state index contributed by atoms with van der Waals surface area (Å²) in [6, 6.07) is 0. The summed E-state index contributed by atoms with van der Waals surface area (Å²) in [6.45, 7) is 9.57. The lowest BCUT2D eigenvalue weighted by Gasteiger charge is -2.04. The van der Waals surface area contributed by atoms with E-state index in [4.69, 9.17) is 0 Å². The van der Waals surface area contributed by atoms with E-state index in [9.17, 15) is 8.42 Å². The van der Waals surface area contributed by atoms with Gasteiger partial charge in [-0.1, -0.05) is 27.7 Å². The van der Waals surface area contributed by atoms with Gasteiger partial charge in [-0.2, -0.15) is 0 Å². The van der Waals surface area contributed by atoms with Crippen molar-refractivity contribution in [3.05, 3.63) is 15.6 Å². The molecule has 1 rings (SSSR count). The summed E-state index contributed by atoms with van der Waals surface area (Å²) < 4.78 is 23.2. The fraction of sp³-hybridized carbons (Fsp3) is 0.750.